The van der Waals surface area contributed by atoms with Crippen molar-refractivity contribution >= 4 is 6.21 Å². The Kier molecular flexibility index (Phi) is 30.8. The Labute approximate surface area is 64.3 Å². The number of rotatable bonds is 0. The van der Waals surface area contributed by atoms with Crippen LogP contribution in [0.2, 0.25) is 0 Å². The van der Waals surface area contributed by atoms with Crippen molar-refractivity contribution in [2.75, 3.05) is 0 Å². The predicted molar refractivity (Wildman–Crippen MR) is 34.4 cm³/mol. The van der Waals surface area contributed by atoms with Gasteiger partial charge < -0.3 is 18.3 Å². The normalized spacial score (nSPS) is 6.00. The Morgan fingerprint density at radius 2 is 1.38 bits per heavy atom. The first-order chi connectivity index (χ1) is 3.15. The molecule has 1 radical (unpaired) electrons. The molecule has 2 heteroatoms. The van der Waals surface area contributed by atoms with Gasteiger partial charge >= 0.3 is 18.6 Å². The van der Waals surface area contributed by atoms with Gasteiger partial charge in [0.25, 0.3) is 0 Å². The first-order valence-corrected chi connectivity index (χ1v) is 2.20. The van der Waals surface area contributed by atoms with Gasteiger partial charge in [0.2, 0.25) is 0 Å². The molecule has 0 aliphatic heterocycles. The summed E-state index contributed by atoms with van der Waals surface area (Å²) in [6.07, 6.45) is 1.00. The molecule has 0 unspecified atom stereocenters. The molecule has 0 aromatic heterocycles. The summed E-state index contributed by atoms with van der Waals surface area (Å²) in [5.41, 5.74) is 0. The van der Waals surface area contributed by atoms with Crippen LogP contribution in [0.4, 0.5) is 0 Å². The molecule has 0 bridgehead atoms. The van der Waals surface area contributed by atoms with E-state index >= 15 is 0 Å². The van der Waals surface area contributed by atoms with Gasteiger partial charge in [-0.2, -0.15) is 20.8 Å². The molecule has 0 spiro atoms. The summed E-state index contributed by atoms with van der Waals surface area (Å²) in [5.74, 6) is 1.42. The zero-order chi connectivity index (χ0) is 6.28. The minimum Gasteiger partial charge on any atom is -0.365 e. The molecule has 0 heterocycles. The second kappa shape index (κ2) is 15.7. The summed E-state index contributed by atoms with van der Waals surface area (Å²) < 4.78 is 0. The Hall–Kier alpha value is 0.124. The van der Waals surface area contributed by atoms with Gasteiger partial charge in [0.1, 0.15) is 0 Å². The standard InChI is InChI=1S/C4H9.C2H4N.V/c1-4(2)3;1-2-3;/h1-3H3;2-3H,1H2;/q2*-1;+2. The van der Waals surface area contributed by atoms with Gasteiger partial charge in [-0.3, -0.25) is 0 Å². The van der Waals surface area contributed by atoms with Crippen molar-refractivity contribution in [1.29, 1.82) is 5.41 Å². The molecule has 0 aliphatic rings. The molecule has 0 rings (SSSR count). The van der Waals surface area contributed by atoms with E-state index in [9.17, 15) is 0 Å². The average molecular weight is 150 g/mol. The molecule has 1 nitrogen and oxygen atoms in total. The van der Waals surface area contributed by atoms with Crippen LogP contribution >= 0.6 is 0 Å². The van der Waals surface area contributed by atoms with Gasteiger partial charge in [0, 0.05) is 0 Å². The fourth-order valence-electron chi connectivity index (χ4n) is 0. The Balaban J connectivity index is -0.0000000575. The van der Waals surface area contributed by atoms with E-state index in [2.05, 4.69) is 27.7 Å². The van der Waals surface area contributed by atoms with Crippen molar-refractivity contribution in [3.63, 3.8) is 0 Å². The molecule has 0 amide bonds. The maximum atomic E-state index is 5.97. The summed E-state index contributed by atoms with van der Waals surface area (Å²) in [6, 6.07) is 0. The van der Waals surface area contributed by atoms with Crippen LogP contribution in [0.25, 0.3) is 0 Å². The molecule has 0 aliphatic carbocycles. The van der Waals surface area contributed by atoms with Crippen LogP contribution in [-0.2, 0) is 18.6 Å². The first-order valence-electron chi connectivity index (χ1n) is 2.20. The number of hydrogen-bond acceptors (Lipinski definition) is 1. The third-order valence-corrected chi connectivity index (χ3v) is 0. The van der Waals surface area contributed by atoms with Crippen molar-refractivity contribution in [2.24, 2.45) is 0 Å². The van der Waals surface area contributed by atoms with E-state index in [1.165, 1.54) is 5.92 Å². The Morgan fingerprint density at radius 3 is 1.38 bits per heavy atom. The minimum absolute atomic E-state index is 0. The van der Waals surface area contributed by atoms with E-state index in [4.69, 9.17) is 5.41 Å². The van der Waals surface area contributed by atoms with Crippen molar-refractivity contribution in [3.8, 4) is 0 Å². The molecule has 0 aromatic rings. The van der Waals surface area contributed by atoms with Crippen molar-refractivity contribution in [1.82, 2.24) is 0 Å². The van der Waals surface area contributed by atoms with Crippen molar-refractivity contribution in [3.05, 3.63) is 12.8 Å². The largest absolute Gasteiger partial charge is 2.00 e. The number of hydrogen-bond donors (Lipinski definition) is 1. The summed E-state index contributed by atoms with van der Waals surface area (Å²) in [4.78, 5) is 0. The maximum absolute atomic E-state index is 5.97. The fourth-order valence-corrected chi connectivity index (χ4v) is 0. The van der Waals surface area contributed by atoms with Gasteiger partial charge in [0.15, 0.2) is 0 Å². The van der Waals surface area contributed by atoms with Gasteiger partial charge in [-0.15, -0.1) is 6.21 Å². The van der Waals surface area contributed by atoms with Crippen LogP contribution in [0.5, 0.6) is 0 Å². The molecule has 47 valence electrons. The predicted octanol–water partition coefficient (Wildman–Crippen LogP) is 2.09. The van der Waals surface area contributed by atoms with Gasteiger partial charge in [-0.1, -0.05) is 0 Å². The van der Waals surface area contributed by atoms with Crippen molar-refractivity contribution < 1.29 is 18.6 Å². The van der Waals surface area contributed by atoms with Gasteiger partial charge in [-0.05, 0) is 0 Å². The molecular weight excluding hydrogens is 137 g/mol. The molecule has 0 atom stereocenters. The molecule has 1 N–H and O–H groups in total. The summed E-state index contributed by atoms with van der Waals surface area (Å²) >= 11 is 0. The summed E-state index contributed by atoms with van der Waals surface area (Å²) in [6.45, 7) is 9.28. The molecule has 0 aromatic carbocycles. The minimum atomic E-state index is 0. The molecule has 8 heavy (non-hydrogen) atoms. The molecular formula is C6H13NV. The van der Waals surface area contributed by atoms with Crippen LogP contribution in [0.1, 0.15) is 20.8 Å². The van der Waals surface area contributed by atoms with E-state index in [1.54, 1.807) is 0 Å². The van der Waals surface area contributed by atoms with Crippen LogP contribution < -0.4 is 0 Å². The zero-order valence-corrected chi connectivity index (χ0v) is 7.13. The summed E-state index contributed by atoms with van der Waals surface area (Å²) in [7, 11) is 0. The maximum Gasteiger partial charge on any atom is 2.00 e. The zero-order valence-electron chi connectivity index (χ0n) is 5.73. The van der Waals surface area contributed by atoms with E-state index in [0.29, 0.717) is 0 Å². The van der Waals surface area contributed by atoms with Gasteiger partial charge in [-0.25, -0.2) is 0 Å². The van der Waals surface area contributed by atoms with Crippen LogP contribution in [-0.4, -0.2) is 6.21 Å². The third-order valence-electron chi connectivity index (χ3n) is 0. The second-order valence-electron chi connectivity index (χ2n) is 1.70. The smallest absolute Gasteiger partial charge is 0.365 e. The van der Waals surface area contributed by atoms with E-state index in [0.717, 1.165) is 6.21 Å². The Bertz CT molecular complexity index is 32.8. The molecule has 0 fully saturated rings. The van der Waals surface area contributed by atoms with Crippen LogP contribution in [0.15, 0.2) is 0 Å². The summed E-state index contributed by atoms with van der Waals surface area (Å²) in [5, 5.41) is 5.97. The topological polar surface area (TPSA) is 23.9 Å². The molecule has 0 saturated carbocycles. The second-order valence-corrected chi connectivity index (χ2v) is 1.70. The number of nitrogens with one attached hydrogen (secondary N) is 1. The molecule has 0 saturated heterocycles. The van der Waals surface area contributed by atoms with E-state index in [1.807, 2.05) is 0 Å². The van der Waals surface area contributed by atoms with Crippen molar-refractivity contribution in [2.45, 2.75) is 20.8 Å². The van der Waals surface area contributed by atoms with Gasteiger partial charge in [0.05, 0.1) is 0 Å². The average Bonchev–Trinajstić information content (AvgIpc) is 1.33. The SMILES string of the molecule is C[C-](C)C.[CH2-]C=N.[V+2]. The van der Waals surface area contributed by atoms with Crippen LogP contribution in [0.3, 0.4) is 0 Å². The fraction of sp³-hybridized carbons (Fsp3) is 0.500. The van der Waals surface area contributed by atoms with E-state index in [-0.39, 0.29) is 18.6 Å². The monoisotopic (exact) mass is 150 g/mol. The quantitative estimate of drug-likeness (QED) is 0.404. The Morgan fingerprint density at radius 1 is 1.38 bits per heavy atom. The van der Waals surface area contributed by atoms with Crippen LogP contribution in [0, 0.1) is 18.3 Å². The first kappa shape index (κ1) is 15.7. The van der Waals surface area contributed by atoms with E-state index < -0.39 is 0 Å². The third kappa shape index (κ3) is 10400.